The Kier molecular flexibility index (Phi) is 5.35. The van der Waals surface area contributed by atoms with Crippen molar-refractivity contribution in [2.24, 2.45) is 0 Å². The second-order valence-electron chi connectivity index (χ2n) is 7.66. The first-order chi connectivity index (χ1) is 13.5. The number of hydrogen-bond donors (Lipinski definition) is 2. The maximum absolute atomic E-state index is 12.6. The number of carbonyl (C=O) groups excluding carboxylic acids is 2. The van der Waals surface area contributed by atoms with E-state index in [4.69, 9.17) is 11.6 Å². The lowest BCUT2D eigenvalue weighted by Gasteiger charge is -2.41. The van der Waals surface area contributed by atoms with Gasteiger partial charge >= 0.3 is 12.1 Å². The summed E-state index contributed by atoms with van der Waals surface area (Å²) in [4.78, 5) is 33.9. The average molecular weight is 404 g/mol. The van der Waals surface area contributed by atoms with E-state index in [2.05, 4.69) is 10.3 Å². The maximum atomic E-state index is 12.6. The number of amides is 4. The molecule has 28 heavy (non-hydrogen) atoms. The molecule has 2 aromatic rings. The van der Waals surface area contributed by atoms with Crippen molar-refractivity contribution >= 4 is 34.6 Å². The topological polar surface area (TPSA) is 71.7 Å². The number of urea groups is 2. The number of nitrogens with one attached hydrogen (secondary N) is 2. The summed E-state index contributed by atoms with van der Waals surface area (Å²) >= 11 is 6.03. The summed E-state index contributed by atoms with van der Waals surface area (Å²) in [5.41, 5.74) is 1.92. The molecular formula is C20H26ClN5O2. The number of H-pyrrole nitrogens is 1. The minimum absolute atomic E-state index is 0.0421. The summed E-state index contributed by atoms with van der Waals surface area (Å²) < 4.78 is 0. The molecule has 2 fully saturated rings. The van der Waals surface area contributed by atoms with Crippen molar-refractivity contribution < 1.29 is 9.59 Å². The number of carbonyl (C=O) groups is 2. The Hall–Kier alpha value is -2.41. The predicted molar refractivity (Wildman–Crippen MR) is 109 cm³/mol. The minimum Gasteiger partial charge on any atom is -0.357 e. The first-order valence-corrected chi connectivity index (χ1v) is 10.2. The Morgan fingerprint density at radius 1 is 1.21 bits per heavy atom. The molecule has 0 aliphatic carbocycles. The number of aromatic nitrogens is 1. The molecule has 4 rings (SSSR count). The second kappa shape index (κ2) is 7.91. The molecule has 2 N–H and O–H groups in total. The van der Waals surface area contributed by atoms with Crippen molar-refractivity contribution in [2.75, 3.05) is 33.2 Å². The van der Waals surface area contributed by atoms with Gasteiger partial charge in [0.25, 0.3) is 0 Å². The lowest BCUT2D eigenvalue weighted by atomic mass is 10.0. The quantitative estimate of drug-likeness (QED) is 0.825. The molecule has 8 heteroatoms. The number of likely N-dealkylation sites (tertiary alicyclic amines) is 2. The molecule has 150 valence electrons. The van der Waals surface area contributed by atoms with Crippen LogP contribution in [0.15, 0.2) is 24.3 Å². The van der Waals surface area contributed by atoms with Gasteiger partial charge in [-0.2, -0.15) is 0 Å². The fourth-order valence-corrected chi connectivity index (χ4v) is 4.05. The van der Waals surface area contributed by atoms with E-state index in [1.165, 1.54) is 0 Å². The van der Waals surface area contributed by atoms with Crippen molar-refractivity contribution in [3.8, 4) is 0 Å². The summed E-state index contributed by atoms with van der Waals surface area (Å²) in [5.74, 6) is 0. The van der Waals surface area contributed by atoms with Crippen molar-refractivity contribution in [1.29, 1.82) is 0 Å². The number of nitrogens with zero attached hydrogens (tertiary/aromatic N) is 3. The van der Waals surface area contributed by atoms with E-state index >= 15 is 0 Å². The molecule has 1 aromatic heterocycles. The number of benzene rings is 1. The smallest absolute Gasteiger partial charge is 0.320 e. The van der Waals surface area contributed by atoms with Crippen LogP contribution in [0.4, 0.5) is 9.59 Å². The van der Waals surface area contributed by atoms with Crippen LogP contribution in [-0.2, 0) is 6.54 Å². The molecule has 0 unspecified atom stereocenters. The molecule has 2 aliphatic heterocycles. The highest BCUT2D eigenvalue weighted by Gasteiger charge is 2.32. The van der Waals surface area contributed by atoms with Gasteiger partial charge in [-0.1, -0.05) is 11.6 Å². The summed E-state index contributed by atoms with van der Waals surface area (Å²) in [6.45, 7) is 3.50. The molecule has 4 amide bonds. The van der Waals surface area contributed by atoms with E-state index in [9.17, 15) is 9.59 Å². The van der Waals surface area contributed by atoms with Gasteiger partial charge in [0.15, 0.2) is 0 Å². The van der Waals surface area contributed by atoms with E-state index in [1.54, 1.807) is 4.90 Å². The summed E-state index contributed by atoms with van der Waals surface area (Å²) in [6, 6.07) is 7.70. The summed E-state index contributed by atoms with van der Waals surface area (Å²) in [5, 5.41) is 4.69. The number of halogens is 1. The fraction of sp³-hybridized carbons (Fsp3) is 0.500. The lowest BCUT2D eigenvalue weighted by Crippen LogP contribution is -2.56. The van der Waals surface area contributed by atoms with Crippen molar-refractivity contribution in [3.05, 3.63) is 35.0 Å². The minimum atomic E-state index is -0.125. The summed E-state index contributed by atoms with van der Waals surface area (Å²) in [7, 11) is 1.81. The second-order valence-corrected chi connectivity index (χ2v) is 8.10. The largest absolute Gasteiger partial charge is 0.357 e. The highest BCUT2D eigenvalue weighted by Crippen LogP contribution is 2.21. The van der Waals surface area contributed by atoms with Crippen LogP contribution in [0, 0.1) is 0 Å². The lowest BCUT2D eigenvalue weighted by molar-refractivity contribution is 0.0951. The van der Waals surface area contributed by atoms with Gasteiger partial charge in [0.2, 0.25) is 0 Å². The standard InChI is InChI=1S/C20H26ClN5O2/c1-24(17-4-2-7-26(13-17)20(28)25-8-3-9-25)19(27)22-12-16-11-14-10-15(21)5-6-18(14)23-16/h5-6,10-11,17,23H,2-4,7-9,12-13H2,1H3,(H,22,27)/t17-/m1/s1. The van der Waals surface area contributed by atoms with Gasteiger partial charge < -0.3 is 25.0 Å². The first kappa shape index (κ1) is 18.9. The molecule has 2 saturated heterocycles. The van der Waals surface area contributed by atoms with Crippen LogP contribution in [-0.4, -0.2) is 71.0 Å². The average Bonchev–Trinajstić information content (AvgIpc) is 3.06. The Morgan fingerprint density at radius 2 is 2.00 bits per heavy atom. The van der Waals surface area contributed by atoms with Crippen LogP contribution >= 0.6 is 11.6 Å². The zero-order valence-electron chi connectivity index (χ0n) is 16.1. The van der Waals surface area contributed by atoms with Gasteiger partial charge in [0, 0.05) is 54.8 Å². The first-order valence-electron chi connectivity index (χ1n) is 9.83. The molecule has 0 spiro atoms. The van der Waals surface area contributed by atoms with E-state index in [0.29, 0.717) is 18.1 Å². The molecule has 1 atom stereocenters. The number of fused-ring (bicyclic) bond motifs is 1. The van der Waals surface area contributed by atoms with Gasteiger partial charge in [-0.3, -0.25) is 0 Å². The van der Waals surface area contributed by atoms with E-state index < -0.39 is 0 Å². The predicted octanol–water partition coefficient (Wildman–Crippen LogP) is 3.25. The number of likely N-dealkylation sites (N-methyl/N-ethyl adjacent to an activating group) is 1. The van der Waals surface area contributed by atoms with Gasteiger partial charge in [0.05, 0.1) is 12.6 Å². The Bertz CT molecular complexity index is 879. The highest BCUT2D eigenvalue weighted by molar-refractivity contribution is 6.31. The maximum Gasteiger partial charge on any atom is 0.320 e. The van der Waals surface area contributed by atoms with Crippen LogP contribution in [0.5, 0.6) is 0 Å². The van der Waals surface area contributed by atoms with Crippen LogP contribution in [0.1, 0.15) is 25.0 Å². The third-order valence-electron chi connectivity index (χ3n) is 5.73. The molecule has 0 bridgehead atoms. The van der Waals surface area contributed by atoms with E-state index in [-0.39, 0.29) is 18.1 Å². The van der Waals surface area contributed by atoms with Crippen LogP contribution < -0.4 is 5.32 Å². The van der Waals surface area contributed by atoms with Crippen LogP contribution in [0.2, 0.25) is 5.02 Å². The Balaban J connectivity index is 1.32. The highest BCUT2D eigenvalue weighted by atomic mass is 35.5. The van der Waals surface area contributed by atoms with Gasteiger partial charge in [-0.15, -0.1) is 0 Å². The summed E-state index contributed by atoms with van der Waals surface area (Å²) in [6.07, 6.45) is 2.93. The van der Waals surface area contributed by atoms with Crippen molar-refractivity contribution in [3.63, 3.8) is 0 Å². The SMILES string of the molecule is CN(C(=O)NCc1cc2cc(Cl)ccc2[nH]1)[C@@H]1CCCN(C(=O)N2CCC2)C1. The molecular weight excluding hydrogens is 378 g/mol. The van der Waals surface area contributed by atoms with Crippen LogP contribution in [0.3, 0.4) is 0 Å². The number of rotatable bonds is 3. The molecule has 1 aromatic carbocycles. The molecule has 0 radical (unpaired) electrons. The zero-order chi connectivity index (χ0) is 19.7. The monoisotopic (exact) mass is 403 g/mol. The third-order valence-corrected chi connectivity index (χ3v) is 5.97. The molecule has 0 saturated carbocycles. The molecule has 7 nitrogen and oxygen atoms in total. The van der Waals surface area contributed by atoms with Gasteiger partial charge in [-0.05, 0) is 43.5 Å². The van der Waals surface area contributed by atoms with Crippen molar-refractivity contribution in [2.45, 2.75) is 31.8 Å². The van der Waals surface area contributed by atoms with Gasteiger partial charge in [-0.25, -0.2) is 9.59 Å². The Morgan fingerprint density at radius 3 is 2.75 bits per heavy atom. The number of hydrogen-bond acceptors (Lipinski definition) is 2. The fourth-order valence-electron chi connectivity index (χ4n) is 3.87. The van der Waals surface area contributed by atoms with E-state index in [1.807, 2.05) is 41.1 Å². The third kappa shape index (κ3) is 3.90. The number of aromatic amines is 1. The number of piperidine rings is 1. The normalized spacial score (nSPS) is 19.4. The van der Waals surface area contributed by atoms with E-state index in [0.717, 1.165) is 55.5 Å². The molecule has 2 aliphatic rings. The zero-order valence-corrected chi connectivity index (χ0v) is 16.8. The van der Waals surface area contributed by atoms with Crippen molar-refractivity contribution in [1.82, 2.24) is 25.0 Å². The van der Waals surface area contributed by atoms with Crippen LogP contribution in [0.25, 0.3) is 10.9 Å². The molecule has 3 heterocycles. The van der Waals surface area contributed by atoms with Gasteiger partial charge in [0.1, 0.15) is 0 Å². The Labute approximate surface area is 169 Å².